The Morgan fingerprint density at radius 1 is 1.33 bits per heavy atom. The molecule has 0 amide bonds. The summed E-state index contributed by atoms with van der Waals surface area (Å²) in [5.41, 5.74) is 4.20. The maximum atomic E-state index is 5.93. The molecule has 3 nitrogen and oxygen atoms in total. The first-order valence-corrected chi connectivity index (χ1v) is 8.48. The summed E-state index contributed by atoms with van der Waals surface area (Å²) in [6, 6.07) is 7.54. The predicted molar refractivity (Wildman–Crippen MR) is 87.9 cm³/mol. The van der Waals surface area contributed by atoms with Crippen LogP contribution < -0.4 is 10.2 Å². The number of rotatable bonds is 5. The topological polar surface area (TPSA) is 24.5 Å². The Kier molecular flexibility index (Phi) is 4.81. The van der Waals surface area contributed by atoms with Crippen molar-refractivity contribution in [1.29, 1.82) is 0 Å². The molecule has 21 heavy (non-hydrogen) atoms. The average Bonchev–Trinajstić information content (AvgIpc) is 2.96. The van der Waals surface area contributed by atoms with Crippen LogP contribution in [0.3, 0.4) is 0 Å². The van der Waals surface area contributed by atoms with E-state index in [0.29, 0.717) is 12.1 Å². The summed E-state index contributed by atoms with van der Waals surface area (Å²) in [7, 11) is 0. The monoisotopic (exact) mass is 288 g/mol. The van der Waals surface area contributed by atoms with Crippen LogP contribution in [0.5, 0.6) is 0 Å². The number of benzene rings is 1. The molecule has 1 aliphatic carbocycles. The molecule has 0 spiro atoms. The number of anilines is 1. The van der Waals surface area contributed by atoms with Gasteiger partial charge in [-0.1, -0.05) is 19.1 Å². The van der Waals surface area contributed by atoms with Gasteiger partial charge < -0.3 is 15.0 Å². The minimum Gasteiger partial charge on any atom is -0.374 e. The minimum absolute atomic E-state index is 0.462. The van der Waals surface area contributed by atoms with Crippen molar-refractivity contribution in [2.45, 2.75) is 58.2 Å². The van der Waals surface area contributed by atoms with Crippen molar-refractivity contribution >= 4 is 5.69 Å². The van der Waals surface area contributed by atoms with Gasteiger partial charge in [0.2, 0.25) is 0 Å². The molecule has 1 saturated heterocycles. The molecule has 2 atom stereocenters. The van der Waals surface area contributed by atoms with Crippen LogP contribution in [-0.2, 0) is 11.3 Å². The van der Waals surface area contributed by atoms with Gasteiger partial charge in [-0.05, 0) is 56.3 Å². The van der Waals surface area contributed by atoms with Crippen LogP contribution in [0.4, 0.5) is 5.69 Å². The number of nitrogens with zero attached hydrogens (tertiary/aromatic N) is 1. The number of morpholine rings is 1. The van der Waals surface area contributed by atoms with Crippen LogP contribution in [0.1, 0.15) is 43.7 Å². The Balaban J connectivity index is 1.72. The molecule has 0 radical (unpaired) electrons. The molecule has 1 aromatic carbocycles. The summed E-state index contributed by atoms with van der Waals surface area (Å²) in [5.74, 6) is 0. The summed E-state index contributed by atoms with van der Waals surface area (Å²) in [4.78, 5) is 2.60. The van der Waals surface area contributed by atoms with E-state index in [9.17, 15) is 0 Å². The zero-order valence-electron chi connectivity index (χ0n) is 13.4. The van der Waals surface area contributed by atoms with Crippen molar-refractivity contribution < 1.29 is 4.74 Å². The first-order valence-electron chi connectivity index (χ1n) is 8.48. The first kappa shape index (κ1) is 14.9. The van der Waals surface area contributed by atoms with E-state index in [1.807, 2.05) is 0 Å². The number of aryl methyl sites for hydroxylation is 1. The van der Waals surface area contributed by atoms with Gasteiger partial charge in [0.05, 0.1) is 18.8 Å². The van der Waals surface area contributed by atoms with E-state index >= 15 is 0 Å². The molecule has 2 aliphatic rings. The molecule has 0 bridgehead atoms. The summed E-state index contributed by atoms with van der Waals surface area (Å²) >= 11 is 0. The van der Waals surface area contributed by atoms with Gasteiger partial charge in [-0.15, -0.1) is 0 Å². The van der Waals surface area contributed by atoms with E-state index in [1.54, 1.807) is 0 Å². The second-order valence-corrected chi connectivity index (χ2v) is 6.40. The summed E-state index contributed by atoms with van der Waals surface area (Å²) < 4.78 is 5.93. The molecule has 2 fully saturated rings. The van der Waals surface area contributed by atoms with Crippen molar-refractivity contribution in [3.8, 4) is 0 Å². The maximum absolute atomic E-state index is 5.93. The largest absolute Gasteiger partial charge is 0.374 e. The Hall–Kier alpha value is -1.06. The fourth-order valence-corrected chi connectivity index (χ4v) is 3.78. The highest BCUT2D eigenvalue weighted by Gasteiger charge is 2.36. The molecule has 3 heteroatoms. The van der Waals surface area contributed by atoms with Gasteiger partial charge in [-0.3, -0.25) is 0 Å². The summed E-state index contributed by atoms with van der Waals surface area (Å²) in [5, 5.41) is 3.48. The van der Waals surface area contributed by atoms with E-state index < -0.39 is 0 Å². The van der Waals surface area contributed by atoms with E-state index in [-0.39, 0.29) is 0 Å². The lowest BCUT2D eigenvalue weighted by Crippen LogP contribution is -2.48. The minimum atomic E-state index is 0.462. The SMILES string of the molecule is CCCNCc1ccc(N2CCOC3CCCC32)c(C)c1. The number of ether oxygens (including phenoxy) is 1. The smallest absolute Gasteiger partial charge is 0.0779 e. The molecule has 2 unspecified atom stereocenters. The van der Waals surface area contributed by atoms with Crippen molar-refractivity contribution in [2.75, 3.05) is 24.6 Å². The highest BCUT2D eigenvalue weighted by Crippen LogP contribution is 2.34. The number of hydrogen-bond acceptors (Lipinski definition) is 3. The first-order chi connectivity index (χ1) is 10.3. The van der Waals surface area contributed by atoms with Gasteiger partial charge in [0.15, 0.2) is 0 Å². The number of hydrogen-bond donors (Lipinski definition) is 1. The quantitative estimate of drug-likeness (QED) is 0.842. The lowest BCUT2D eigenvalue weighted by molar-refractivity contribution is 0.0256. The molecule has 3 rings (SSSR count). The summed E-state index contributed by atoms with van der Waals surface area (Å²) in [6.07, 6.45) is 5.48. The van der Waals surface area contributed by atoms with Crippen LogP contribution >= 0.6 is 0 Å². The van der Waals surface area contributed by atoms with Gasteiger partial charge in [-0.25, -0.2) is 0 Å². The maximum Gasteiger partial charge on any atom is 0.0779 e. The van der Waals surface area contributed by atoms with E-state index in [2.05, 4.69) is 42.3 Å². The number of nitrogens with one attached hydrogen (secondary N) is 1. The van der Waals surface area contributed by atoms with Crippen LogP contribution in [-0.4, -0.2) is 31.8 Å². The molecular formula is C18H28N2O. The molecule has 1 N–H and O–H groups in total. The third-order valence-corrected chi connectivity index (χ3v) is 4.81. The molecule has 1 aliphatic heterocycles. The Bertz CT molecular complexity index is 474. The normalized spacial score (nSPS) is 25.1. The Morgan fingerprint density at radius 3 is 3.05 bits per heavy atom. The molecule has 1 heterocycles. The van der Waals surface area contributed by atoms with E-state index in [0.717, 1.165) is 26.2 Å². The van der Waals surface area contributed by atoms with Gasteiger partial charge >= 0.3 is 0 Å². The highest BCUT2D eigenvalue weighted by atomic mass is 16.5. The summed E-state index contributed by atoms with van der Waals surface area (Å²) in [6.45, 7) is 8.43. The highest BCUT2D eigenvalue weighted by molar-refractivity contribution is 5.56. The fourth-order valence-electron chi connectivity index (χ4n) is 3.78. The predicted octanol–water partition coefficient (Wildman–Crippen LogP) is 3.25. The van der Waals surface area contributed by atoms with Crippen molar-refractivity contribution in [2.24, 2.45) is 0 Å². The van der Waals surface area contributed by atoms with Crippen LogP contribution in [0.2, 0.25) is 0 Å². The zero-order valence-corrected chi connectivity index (χ0v) is 13.4. The average molecular weight is 288 g/mol. The molecular weight excluding hydrogens is 260 g/mol. The van der Waals surface area contributed by atoms with Gasteiger partial charge in [-0.2, -0.15) is 0 Å². The lowest BCUT2D eigenvalue weighted by Gasteiger charge is -2.40. The standard InChI is InChI=1S/C18H28N2O/c1-3-9-19-13-15-7-8-16(14(2)12-15)20-10-11-21-18-6-4-5-17(18)20/h7-8,12,17-19H,3-6,9-11,13H2,1-2H3. The van der Waals surface area contributed by atoms with E-state index in [4.69, 9.17) is 4.74 Å². The third-order valence-electron chi connectivity index (χ3n) is 4.81. The molecule has 1 saturated carbocycles. The zero-order chi connectivity index (χ0) is 14.7. The Morgan fingerprint density at radius 2 is 2.24 bits per heavy atom. The lowest BCUT2D eigenvalue weighted by atomic mass is 10.0. The van der Waals surface area contributed by atoms with Gasteiger partial charge in [0, 0.05) is 18.8 Å². The third kappa shape index (κ3) is 3.24. The van der Waals surface area contributed by atoms with Gasteiger partial charge in [0.1, 0.15) is 0 Å². The molecule has 1 aromatic rings. The second kappa shape index (κ2) is 6.80. The van der Waals surface area contributed by atoms with Crippen LogP contribution in [0.15, 0.2) is 18.2 Å². The second-order valence-electron chi connectivity index (χ2n) is 6.40. The van der Waals surface area contributed by atoms with Crippen LogP contribution in [0, 0.1) is 6.92 Å². The Labute approximate surface area is 128 Å². The van der Waals surface area contributed by atoms with E-state index in [1.165, 1.54) is 42.5 Å². The van der Waals surface area contributed by atoms with Gasteiger partial charge in [0.25, 0.3) is 0 Å². The van der Waals surface area contributed by atoms with Crippen molar-refractivity contribution in [3.63, 3.8) is 0 Å². The molecule has 0 aromatic heterocycles. The van der Waals surface area contributed by atoms with Crippen molar-refractivity contribution in [1.82, 2.24) is 5.32 Å². The van der Waals surface area contributed by atoms with Crippen molar-refractivity contribution in [3.05, 3.63) is 29.3 Å². The molecule has 116 valence electrons. The number of fused-ring (bicyclic) bond motifs is 1. The fraction of sp³-hybridized carbons (Fsp3) is 0.667. The van der Waals surface area contributed by atoms with Crippen LogP contribution in [0.25, 0.3) is 0 Å².